The van der Waals surface area contributed by atoms with E-state index < -0.39 is 11.8 Å². The number of guanidine groups is 1. The van der Waals surface area contributed by atoms with Crippen LogP contribution >= 0.6 is 0 Å². The van der Waals surface area contributed by atoms with Gasteiger partial charge in [0.1, 0.15) is 23.3 Å². The van der Waals surface area contributed by atoms with Crippen LogP contribution in [0.3, 0.4) is 0 Å². The average Bonchev–Trinajstić information content (AvgIpc) is 2.95. The Labute approximate surface area is 249 Å². The number of ether oxygens (including phenoxy) is 2. The first-order chi connectivity index (χ1) is 20.2. The molecule has 0 aliphatic carbocycles. The summed E-state index contributed by atoms with van der Waals surface area (Å²) in [6, 6.07) is 11.9. The van der Waals surface area contributed by atoms with Gasteiger partial charge in [-0.25, -0.2) is 4.99 Å². The van der Waals surface area contributed by atoms with Gasteiger partial charge >= 0.3 is 0 Å². The van der Waals surface area contributed by atoms with Crippen LogP contribution in [0.4, 0.5) is 0 Å². The Bertz CT molecular complexity index is 1360. The lowest BCUT2D eigenvalue weighted by molar-refractivity contribution is -0.132. The maximum absolute atomic E-state index is 13.7. The van der Waals surface area contributed by atoms with Gasteiger partial charge in [-0.2, -0.15) is 0 Å². The van der Waals surface area contributed by atoms with Crippen LogP contribution in [-0.4, -0.2) is 39.6 Å². The van der Waals surface area contributed by atoms with E-state index in [1.165, 1.54) is 18.4 Å². The van der Waals surface area contributed by atoms with Crippen molar-refractivity contribution in [1.82, 2.24) is 10.2 Å². The Morgan fingerprint density at radius 3 is 2.69 bits per heavy atom. The molecule has 9 rings (SSSR count). The van der Waals surface area contributed by atoms with E-state index in [9.17, 15) is 9.90 Å². The summed E-state index contributed by atoms with van der Waals surface area (Å²) >= 11 is 0. The van der Waals surface area contributed by atoms with Gasteiger partial charge in [-0.3, -0.25) is 15.0 Å². The molecule has 0 saturated heterocycles. The van der Waals surface area contributed by atoms with Crippen LogP contribution in [0.2, 0.25) is 0 Å². The number of aliphatic hydroxyl groups excluding tert-OH is 1. The van der Waals surface area contributed by atoms with Crippen molar-refractivity contribution in [1.29, 1.82) is 0 Å². The average molecular weight is 575 g/mol. The molecule has 2 aromatic carbocycles. The standard InChI is InChI=1S/C34H46N4O4/c1-4-34-16-9-7-5-6-8-10-22-11-13-24-26(20-33(2,3)42-29(24)18-22)36-31(40)23-12-14-28-25(19-23)27(15-17-41-28)38(30(39)21-34)32(35)37-34/h11-14,18-19,26-27,31,36,40H,4-10,15-17,20-21H2,1-3H3,(H2,35,37)/t26-,27+,31?,34?/m0/s1. The van der Waals surface area contributed by atoms with Crippen molar-refractivity contribution in [3.63, 3.8) is 0 Å². The van der Waals surface area contributed by atoms with Gasteiger partial charge in [-0.1, -0.05) is 50.8 Å². The second-order valence-electron chi connectivity index (χ2n) is 13.3. The molecule has 0 spiro atoms. The Kier molecular flexibility index (Phi) is 7.96. The zero-order valence-electron chi connectivity index (χ0n) is 25.3. The van der Waals surface area contributed by atoms with Crippen molar-refractivity contribution in [3.8, 4) is 11.5 Å². The number of benzene rings is 2. The van der Waals surface area contributed by atoms with Gasteiger partial charge in [0.25, 0.3) is 0 Å². The third kappa shape index (κ3) is 5.76. The topological polar surface area (TPSA) is 109 Å². The summed E-state index contributed by atoms with van der Waals surface area (Å²) in [7, 11) is 0. The van der Waals surface area contributed by atoms with Gasteiger partial charge in [0.05, 0.1) is 24.6 Å². The lowest BCUT2D eigenvalue weighted by Crippen LogP contribution is -2.53. The highest BCUT2D eigenvalue weighted by atomic mass is 16.5. The first kappa shape index (κ1) is 29.0. The summed E-state index contributed by atoms with van der Waals surface area (Å²) in [6.45, 7) is 6.80. The van der Waals surface area contributed by atoms with Crippen molar-refractivity contribution >= 4 is 11.9 Å². The molecule has 8 heteroatoms. The van der Waals surface area contributed by atoms with Crippen LogP contribution < -0.4 is 20.5 Å². The van der Waals surface area contributed by atoms with E-state index in [1.54, 1.807) is 4.90 Å². The molecule has 4 N–H and O–H groups in total. The number of amides is 1. The van der Waals surface area contributed by atoms with Crippen LogP contribution in [0, 0.1) is 0 Å². The number of aliphatic hydroxyl groups is 1. The molecule has 0 saturated carbocycles. The van der Waals surface area contributed by atoms with Crippen LogP contribution in [0.5, 0.6) is 11.5 Å². The van der Waals surface area contributed by atoms with E-state index in [2.05, 4.69) is 44.3 Å². The Morgan fingerprint density at radius 2 is 1.88 bits per heavy atom. The Morgan fingerprint density at radius 1 is 1.07 bits per heavy atom. The van der Waals surface area contributed by atoms with Gasteiger partial charge < -0.3 is 20.3 Å². The largest absolute Gasteiger partial charge is 0.493 e. The minimum absolute atomic E-state index is 0.0217. The monoisotopic (exact) mass is 574 g/mol. The van der Waals surface area contributed by atoms with Crippen molar-refractivity contribution < 1.29 is 19.4 Å². The van der Waals surface area contributed by atoms with Crippen LogP contribution in [0.1, 0.15) is 126 Å². The first-order valence-electron chi connectivity index (χ1n) is 15.9. The molecule has 8 nitrogen and oxygen atoms in total. The van der Waals surface area contributed by atoms with Crippen molar-refractivity contribution in [2.24, 2.45) is 10.7 Å². The van der Waals surface area contributed by atoms with Crippen LogP contribution in [-0.2, 0) is 11.2 Å². The smallest absolute Gasteiger partial charge is 0.232 e. The van der Waals surface area contributed by atoms with Crippen molar-refractivity contribution in [2.45, 2.75) is 121 Å². The molecule has 4 atom stereocenters. The second-order valence-corrected chi connectivity index (χ2v) is 13.3. The lowest BCUT2D eigenvalue weighted by Gasteiger charge is -2.42. The number of carbonyl (C=O) groups excluding carboxylic acids is 1. The molecule has 2 unspecified atom stereocenters. The summed E-state index contributed by atoms with van der Waals surface area (Å²) < 4.78 is 12.4. The normalized spacial score (nSPS) is 29.5. The maximum Gasteiger partial charge on any atom is 0.232 e. The number of hydrogen-bond acceptors (Lipinski definition) is 7. The van der Waals surface area contributed by atoms with Crippen LogP contribution in [0.15, 0.2) is 41.4 Å². The van der Waals surface area contributed by atoms with Gasteiger partial charge in [0, 0.05) is 30.0 Å². The zero-order chi connectivity index (χ0) is 29.5. The second kappa shape index (κ2) is 11.5. The molecule has 1 amide bonds. The molecule has 42 heavy (non-hydrogen) atoms. The summed E-state index contributed by atoms with van der Waals surface area (Å²) in [5, 5.41) is 15.0. The number of nitrogens with two attached hydrogens (primary N) is 1. The number of carbonyl (C=O) groups is 1. The zero-order valence-corrected chi connectivity index (χ0v) is 25.3. The SMILES string of the molecule is CCC12CCCCCCCc3ccc4c(c3)OC(C)(C)C[C@@H]4NC(O)c3ccc4c(c3)[C@@H](CCO4)N(C(=O)C1)C(N)=N2. The predicted molar refractivity (Wildman–Crippen MR) is 163 cm³/mol. The molecule has 7 heterocycles. The maximum atomic E-state index is 13.7. The molecule has 7 aliphatic rings. The van der Waals surface area contributed by atoms with E-state index in [0.717, 1.165) is 73.1 Å². The fraction of sp³-hybridized carbons (Fsp3) is 0.588. The Balaban J connectivity index is 1.36. The minimum Gasteiger partial charge on any atom is -0.493 e. The van der Waals surface area contributed by atoms with E-state index >= 15 is 0 Å². The van der Waals surface area contributed by atoms with Crippen molar-refractivity contribution in [3.05, 3.63) is 58.7 Å². The van der Waals surface area contributed by atoms with Crippen LogP contribution in [0.25, 0.3) is 0 Å². The fourth-order valence-corrected chi connectivity index (χ4v) is 7.32. The predicted octanol–water partition coefficient (Wildman–Crippen LogP) is 5.99. The lowest BCUT2D eigenvalue weighted by atomic mass is 9.84. The first-order valence-corrected chi connectivity index (χ1v) is 15.9. The van der Waals surface area contributed by atoms with Gasteiger partial charge in [-0.15, -0.1) is 0 Å². The third-order valence-corrected chi connectivity index (χ3v) is 9.68. The number of aryl methyl sites for hydroxylation is 1. The van der Waals surface area contributed by atoms with E-state index in [4.69, 9.17) is 20.2 Å². The highest BCUT2D eigenvalue weighted by Crippen LogP contribution is 2.43. The van der Waals surface area contributed by atoms with Gasteiger partial charge in [0.2, 0.25) is 5.91 Å². The number of rotatable bonds is 1. The van der Waals surface area contributed by atoms with E-state index in [1.807, 2.05) is 18.2 Å². The molecule has 8 bridgehead atoms. The molecule has 0 fully saturated rings. The number of hydrogen-bond donors (Lipinski definition) is 3. The summed E-state index contributed by atoms with van der Waals surface area (Å²) in [6.07, 6.45) is 9.09. The molecular formula is C34H46N4O4. The molecule has 2 aromatic rings. The molecule has 226 valence electrons. The Hall–Kier alpha value is -3.10. The van der Waals surface area contributed by atoms with Crippen molar-refractivity contribution in [2.75, 3.05) is 6.61 Å². The number of nitrogens with one attached hydrogen (secondary N) is 1. The molecule has 0 radical (unpaired) electrons. The molecule has 7 aliphatic heterocycles. The number of aliphatic imine (C=N–C) groups is 1. The van der Waals surface area contributed by atoms with Gasteiger partial charge in [0.15, 0.2) is 5.96 Å². The third-order valence-electron chi connectivity index (χ3n) is 9.68. The molecule has 0 aromatic heterocycles. The van der Waals surface area contributed by atoms with E-state index in [-0.39, 0.29) is 23.6 Å². The fourth-order valence-electron chi connectivity index (χ4n) is 7.32. The summed E-state index contributed by atoms with van der Waals surface area (Å²) in [5.41, 5.74) is 9.73. The quantitative estimate of drug-likeness (QED) is 0.386. The minimum atomic E-state index is -0.919. The van der Waals surface area contributed by atoms with E-state index in [0.29, 0.717) is 25.4 Å². The highest BCUT2D eigenvalue weighted by molar-refractivity contribution is 5.99. The summed E-state index contributed by atoms with van der Waals surface area (Å²) in [4.78, 5) is 20.4. The van der Waals surface area contributed by atoms with Gasteiger partial charge in [-0.05, 0) is 68.9 Å². The summed E-state index contributed by atoms with van der Waals surface area (Å²) in [5.74, 6) is 1.94. The number of nitrogens with zero attached hydrogens (tertiary/aromatic N) is 2. The molecular weight excluding hydrogens is 528 g/mol. The highest BCUT2D eigenvalue weighted by Gasteiger charge is 2.42.